The van der Waals surface area contributed by atoms with Gasteiger partial charge in [-0.25, -0.2) is 9.37 Å². The lowest BCUT2D eigenvalue weighted by molar-refractivity contribution is 0.111. The van der Waals surface area contributed by atoms with Crippen LogP contribution in [0.3, 0.4) is 0 Å². The van der Waals surface area contributed by atoms with Crippen LogP contribution in [0.4, 0.5) is 4.39 Å². The number of carbonyl (C=O) groups is 1. The lowest BCUT2D eigenvalue weighted by Gasteiger charge is -2.13. The molecule has 0 spiro atoms. The molecule has 144 valence electrons. The number of rotatable bonds is 6. The van der Waals surface area contributed by atoms with E-state index in [0.29, 0.717) is 36.3 Å². The quantitative estimate of drug-likeness (QED) is 0.435. The van der Waals surface area contributed by atoms with Gasteiger partial charge in [-0.2, -0.15) is 0 Å². The Kier molecular flexibility index (Phi) is 5.29. The molecule has 0 fully saturated rings. The van der Waals surface area contributed by atoms with Gasteiger partial charge in [-0.05, 0) is 48.2 Å². The monoisotopic (exact) mass is 386 g/mol. The average molecular weight is 386 g/mol. The maximum Gasteiger partial charge on any atom is 0.175 e. The molecule has 2 aromatic carbocycles. The van der Waals surface area contributed by atoms with Crippen LogP contribution in [-0.2, 0) is 13.0 Å². The van der Waals surface area contributed by atoms with E-state index in [1.165, 1.54) is 12.1 Å². The third kappa shape index (κ3) is 4.14. The van der Waals surface area contributed by atoms with E-state index in [1.807, 2.05) is 43.3 Å². The molecule has 4 nitrogen and oxygen atoms in total. The molecule has 0 amide bonds. The summed E-state index contributed by atoms with van der Waals surface area (Å²) in [5.74, 6) is 0.129. The zero-order chi connectivity index (χ0) is 20.2. The number of aromatic nitrogens is 2. The molecule has 0 aliphatic heterocycles. The molecule has 0 saturated carbocycles. The number of fused-ring (bicyclic) bond motifs is 1. The first-order valence-electron chi connectivity index (χ1n) is 9.29. The molecule has 0 bridgehead atoms. The molecule has 0 atom stereocenters. The Bertz CT molecular complexity index is 1160. The van der Waals surface area contributed by atoms with Crippen molar-refractivity contribution in [3.05, 3.63) is 101 Å². The second kappa shape index (κ2) is 8.19. The molecule has 2 aromatic heterocycles. The highest BCUT2D eigenvalue weighted by molar-refractivity contribution is 5.93. The average Bonchev–Trinajstić information content (AvgIpc) is 2.75. The number of benzene rings is 2. The molecule has 0 unspecified atom stereocenters. The van der Waals surface area contributed by atoms with E-state index in [-0.39, 0.29) is 11.5 Å². The fourth-order valence-electron chi connectivity index (χ4n) is 3.26. The summed E-state index contributed by atoms with van der Waals surface area (Å²) in [7, 11) is 0. The van der Waals surface area contributed by atoms with E-state index in [9.17, 15) is 9.18 Å². The van der Waals surface area contributed by atoms with E-state index in [2.05, 4.69) is 9.97 Å². The molecule has 29 heavy (non-hydrogen) atoms. The summed E-state index contributed by atoms with van der Waals surface area (Å²) in [5, 5.41) is 0.832. The molecule has 0 aliphatic rings. The van der Waals surface area contributed by atoms with E-state index in [4.69, 9.17) is 4.74 Å². The molecule has 0 aliphatic carbocycles. The summed E-state index contributed by atoms with van der Waals surface area (Å²) in [4.78, 5) is 20.6. The number of carbonyl (C=O) groups excluding carboxylic acids is 1. The van der Waals surface area contributed by atoms with Crippen molar-refractivity contribution >= 4 is 17.2 Å². The molecule has 0 saturated heterocycles. The van der Waals surface area contributed by atoms with Gasteiger partial charge < -0.3 is 4.74 Å². The Morgan fingerprint density at radius 1 is 1.00 bits per heavy atom. The first kappa shape index (κ1) is 18.7. The molecule has 0 radical (unpaired) electrons. The predicted molar refractivity (Wildman–Crippen MR) is 110 cm³/mol. The highest BCUT2D eigenvalue weighted by Gasteiger charge is 2.15. The Morgan fingerprint density at radius 2 is 1.76 bits per heavy atom. The van der Waals surface area contributed by atoms with Crippen molar-refractivity contribution in [2.24, 2.45) is 0 Å². The Labute approximate surface area is 168 Å². The van der Waals surface area contributed by atoms with Crippen LogP contribution in [0, 0.1) is 12.7 Å². The fraction of sp³-hybridized carbons (Fsp3) is 0.125. The van der Waals surface area contributed by atoms with E-state index in [1.54, 1.807) is 18.3 Å². The standard InChI is InChI=1S/C24H19FN2O2/c1-16-21-12-19(11-17-7-9-20(25)10-8-17)13-26-23(21)24(22(14-28)27-16)29-15-18-5-3-2-4-6-18/h2-10,12-14H,11,15H2,1H3. The third-order valence-corrected chi connectivity index (χ3v) is 4.73. The minimum absolute atomic E-state index is 0.240. The lowest BCUT2D eigenvalue weighted by atomic mass is 10.0. The molecular formula is C24H19FN2O2. The van der Waals surface area contributed by atoms with Gasteiger partial charge in [0, 0.05) is 17.3 Å². The van der Waals surface area contributed by atoms with Gasteiger partial charge in [0.05, 0.1) is 0 Å². The summed E-state index contributed by atoms with van der Waals surface area (Å²) in [6.45, 7) is 2.17. The number of aldehydes is 1. The maximum absolute atomic E-state index is 13.1. The minimum atomic E-state index is -0.257. The van der Waals surface area contributed by atoms with Gasteiger partial charge in [-0.3, -0.25) is 9.78 Å². The fourth-order valence-corrected chi connectivity index (χ4v) is 3.26. The van der Waals surface area contributed by atoms with Crippen LogP contribution in [-0.4, -0.2) is 16.3 Å². The molecule has 2 heterocycles. The van der Waals surface area contributed by atoms with Crippen molar-refractivity contribution in [2.45, 2.75) is 20.0 Å². The Balaban J connectivity index is 1.69. The first-order chi connectivity index (χ1) is 14.1. The van der Waals surface area contributed by atoms with E-state index >= 15 is 0 Å². The van der Waals surface area contributed by atoms with Gasteiger partial charge in [-0.1, -0.05) is 42.5 Å². The number of nitrogens with zero attached hydrogens (tertiary/aromatic N) is 2. The first-order valence-corrected chi connectivity index (χ1v) is 9.29. The number of ether oxygens (including phenoxy) is 1. The Hall–Kier alpha value is -3.60. The van der Waals surface area contributed by atoms with Crippen LogP contribution in [0.1, 0.15) is 32.9 Å². The topological polar surface area (TPSA) is 52.1 Å². The summed E-state index contributed by atoms with van der Waals surface area (Å²) in [6.07, 6.45) is 3.08. The second-order valence-electron chi connectivity index (χ2n) is 6.85. The molecular weight excluding hydrogens is 367 g/mol. The highest BCUT2D eigenvalue weighted by Crippen LogP contribution is 2.30. The SMILES string of the molecule is Cc1nc(C=O)c(OCc2ccccc2)c2ncc(Cc3ccc(F)cc3)cc12. The van der Waals surface area contributed by atoms with Crippen LogP contribution in [0.2, 0.25) is 0 Å². The molecule has 5 heteroatoms. The number of aryl methyl sites for hydroxylation is 1. The van der Waals surface area contributed by atoms with Gasteiger partial charge in [0.2, 0.25) is 0 Å². The van der Waals surface area contributed by atoms with Crippen molar-refractivity contribution in [3.8, 4) is 5.75 Å². The van der Waals surface area contributed by atoms with Gasteiger partial charge in [-0.15, -0.1) is 0 Å². The number of hydrogen-bond acceptors (Lipinski definition) is 4. The normalized spacial score (nSPS) is 10.8. The van der Waals surface area contributed by atoms with Crippen LogP contribution in [0.25, 0.3) is 10.9 Å². The van der Waals surface area contributed by atoms with Gasteiger partial charge in [0.15, 0.2) is 12.0 Å². The van der Waals surface area contributed by atoms with Crippen molar-refractivity contribution in [1.29, 1.82) is 0 Å². The van der Waals surface area contributed by atoms with Crippen LogP contribution in [0.15, 0.2) is 66.9 Å². The van der Waals surface area contributed by atoms with E-state index < -0.39 is 0 Å². The number of pyridine rings is 2. The van der Waals surface area contributed by atoms with Crippen molar-refractivity contribution < 1.29 is 13.9 Å². The zero-order valence-corrected chi connectivity index (χ0v) is 15.9. The van der Waals surface area contributed by atoms with Crippen molar-refractivity contribution in [1.82, 2.24) is 9.97 Å². The minimum Gasteiger partial charge on any atom is -0.484 e. The smallest absolute Gasteiger partial charge is 0.175 e. The maximum atomic E-state index is 13.1. The highest BCUT2D eigenvalue weighted by atomic mass is 19.1. The number of hydrogen-bond donors (Lipinski definition) is 0. The predicted octanol–water partition coefficient (Wildman–Crippen LogP) is 5.06. The van der Waals surface area contributed by atoms with Crippen LogP contribution < -0.4 is 4.74 Å². The summed E-state index contributed by atoms with van der Waals surface area (Å²) in [5.41, 5.74) is 4.52. The molecule has 4 rings (SSSR count). The van der Waals surface area contributed by atoms with Crippen molar-refractivity contribution in [3.63, 3.8) is 0 Å². The van der Waals surface area contributed by atoms with Crippen LogP contribution in [0.5, 0.6) is 5.75 Å². The van der Waals surface area contributed by atoms with Crippen molar-refractivity contribution in [2.75, 3.05) is 0 Å². The zero-order valence-electron chi connectivity index (χ0n) is 15.9. The van der Waals surface area contributed by atoms with Gasteiger partial charge >= 0.3 is 0 Å². The summed E-state index contributed by atoms with van der Waals surface area (Å²) < 4.78 is 19.1. The summed E-state index contributed by atoms with van der Waals surface area (Å²) >= 11 is 0. The van der Waals surface area contributed by atoms with Gasteiger partial charge in [0.1, 0.15) is 23.6 Å². The summed E-state index contributed by atoms with van der Waals surface area (Å²) in [6, 6.07) is 18.1. The largest absolute Gasteiger partial charge is 0.484 e. The van der Waals surface area contributed by atoms with Crippen LogP contribution >= 0.6 is 0 Å². The van der Waals surface area contributed by atoms with E-state index in [0.717, 1.165) is 22.1 Å². The Morgan fingerprint density at radius 3 is 2.48 bits per heavy atom. The lowest BCUT2D eigenvalue weighted by Crippen LogP contribution is -2.04. The number of halogens is 1. The molecule has 0 N–H and O–H groups in total. The second-order valence-corrected chi connectivity index (χ2v) is 6.85. The molecule has 4 aromatic rings. The third-order valence-electron chi connectivity index (χ3n) is 4.73. The van der Waals surface area contributed by atoms with Gasteiger partial charge in [0.25, 0.3) is 0 Å².